The van der Waals surface area contributed by atoms with Crippen molar-refractivity contribution < 1.29 is 13.6 Å². The highest BCUT2D eigenvalue weighted by Crippen LogP contribution is 2.15. The molecule has 0 aliphatic heterocycles. The molecule has 1 rings (SSSR count). The number of carbonyl (C=O) groups is 1. The number of aldehydes is 1. The lowest BCUT2D eigenvalue weighted by Crippen LogP contribution is -1.89. The molecule has 11 heavy (non-hydrogen) atoms. The van der Waals surface area contributed by atoms with E-state index < -0.39 is 5.82 Å². The Balaban J connectivity index is 2.97. The van der Waals surface area contributed by atoms with Gasteiger partial charge in [-0.15, -0.1) is 0 Å². The van der Waals surface area contributed by atoms with Crippen LogP contribution in [0.25, 0.3) is 0 Å². The molecule has 0 unspecified atom stereocenters. The summed E-state index contributed by atoms with van der Waals surface area (Å²) in [6.45, 7) is 1.92. The summed E-state index contributed by atoms with van der Waals surface area (Å²) >= 11 is 0. The Morgan fingerprint density at radius 1 is 1.73 bits per heavy atom. The summed E-state index contributed by atoms with van der Waals surface area (Å²) < 4.78 is 17.4. The second-order valence-corrected chi connectivity index (χ2v) is 2.29. The van der Waals surface area contributed by atoms with Crippen LogP contribution in [-0.4, -0.2) is 6.29 Å². The van der Waals surface area contributed by atoms with Crippen molar-refractivity contribution >= 4 is 6.29 Å². The van der Waals surface area contributed by atoms with E-state index in [0.29, 0.717) is 18.3 Å². The summed E-state index contributed by atoms with van der Waals surface area (Å²) in [6.07, 6.45) is 2.86. The number of furan rings is 1. The van der Waals surface area contributed by atoms with Crippen LogP contribution in [0, 0.1) is 5.82 Å². The Morgan fingerprint density at radius 3 is 3.00 bits per heavy atom. The van der Waals surface area contributed by atoms with Gasteiger partial charge in [0.2, 0.25) is 0 Å². The van der Waals surface area contributed by atoms with E-state index in [9.17, 15) is 9.18 Å². The van der Waals surface area contributed by atoms with Gasteiger partial charge >= 0.3 is 0 Å². The zero-order valence-corrected chi connectivity index (χ0v) is 6.26. The monoisotopic (exact) mass is 156 g/mol. The highest BCUT2D eigenvalue weighted by molar-refractivity contribution is 5.73. The Hall–Kier alpha value is -1.12. The molecule has 0 bridgehead atoms. The molecule has 0 spiro atoms. The lowest BCUT2D eigenvalue weighted by atomic mass is 10.1. The maximum absolute atomic E-state index is 12.7. The molecule has 0 amide bonds. The van der Waals surface area contributed by atoms with Gasteiger partial charge < -0.3 is 4.42 Å². The van der Waals surface area contributed by atoms with Gasteiger partial charge in [-0.2, -0.15) is 0 Å². The van der Waals surface area contributed by atoms with Crippen molar-refractivity contribution in [1.82, 2.24) is 0 Å². The number of hydrogen-bond donors (Lipinski definition) is 0. The van der Waals surface area contributed by atoms with Crippen molar-refractivity contribution in [3.05, 3.63) is 23.4 Å². The molecule has 3 heteroatoms. The van der Waals surface area contributed by atoms with E-state index >= 15 is 0 Å². The third-order valence-corrected chi connectivity index (χ3v) is 1.48. The molecule has 0 radical (unpaired) electrons. The van der Waals surface area contributed by atoms with Crippen molar-refractivity contribution in [3.63, 3.8) is 0 Å². The van der Waals surface area contributed by atoms with Gasteiger partial charge in [0.25, 0.3) is 0 Å². The minimum absolute atomic E-state index is 0.115. The first kappa shape index (κ1) is 7.98. The maximum atomic E-state index is 12.7. The second-order valence-electron chi connectivity index (χ2n) is 2.29. The lowest BCUT2D eigenvalue weighted by Gasteiger charge is -1.92. The third kappa shape index (κ3) is 1.48. The average molecular weight is 156 g/mol. The predicted molar refractivity (Wildman–Crippen MR) is 38.0 cm³/mol. The normalized spacial score (nSPS) is 10.0. The van der Waals surface area contributed by atoms with E-state index in [-0.39, 0.29) is 5.76 Å². The Bertz CT molecular complexity index is 253. The maximum Gasteiger partial charge on any atom is 0.185 e. The van der Waals surface area contributed by atoms with E-state index in [4.69, 9.17) is 0 Å². The molecule has 1 aromatic rings. The third-order valence-electron chi connectivity index (χ3n) is 1.48. The fraction of sp³-hybridized carbons (Fsp3) is 0.375. The highest BCUT2D eigenvalue weighted by Gasteiger charge is 2.10. The predicted octanol–water partition coefficient (Wildman–Crippen LogP) is 2.18. The van der Waals surface area contributed by atoms with Crippen molar-refractivity contribution in [3.8, 4) is 0 Å². The molecular formula is C8H9FO2. The van der Waals surface area contributed by atoms with Crippen LogP contribution in [0.3, 0.4) is 0 Å². The molecule has 1 aromatic heterocycles. The molecule has 0 aliphatic rings. The molecule has 0 fully saturated rings. The number of carbonyl (C=O) groups excluding carboxylic acids is 1. The number of hydrogen-bond acceptors (Lipinski definition) is 2. The molecule has 0 saturated carbocycles. The van der Waals surface area contributed by atoms with E-state index in [0.717, 1.165) is 12.7 Å². The second kappa shape index (κ2) is 3.32. The van der Waals surface area contributed by atoms with Crippen LogP contribution >= 0.6 is 0 Å². The van der Waals surface area contributed by atoms with Gasteiger partial charge in [0.05, 0.1) is 0 Å². The van der Waals surface area contributed by atoms with Gasteiger partial charge in [-0.3, -0.25) is 4.79 Å². The minimum atomic E-state index is -0.422. The summed E-state index contributed by atoms with van der Waals surface area (Å²) in [4.78, 5) is 10.3. The Labute approximate surface area is 64.0 Å². The van der Waals surface area contributed by atoms with Crippen molar-refractivity contribution in [2.24, 2.45) is 0 Å². The molecule has 0 aliphatic carbocycles. The Kier molecular flexibility index (Phi) is 2.41. The molecule has 0 atom stereocenters. The highest BCUT2D eigenvalue weighted by atomic mass is 19.1. The van der Waals surface area contributed by atoms with Crippen LogP contribution in [0.2, 0.25) is 0 Å². The van der Waals surface area contributed by atoms with Gasteiger partial charge in [-0.25, -0.2) is 4.39 Å². The zero-order chi connectivity index (χ0) is 8.27. The summed E-state index contributed by atoms with van der Waals surface area (Å²) in [5.74, 6) is -0.307. The van der Waals surface area contributed by atoms with Gasteiger partial charge in [0.15, 0.2) is 17.9 Å². The minimum Gasteiger partial charge on any atom is -0.458 e. The van der Waals surface area contributed by atoms with Crippen LogP contribution < -0.4 is 0 Å². The molecule has 60 valence electrons. The van der Waals surface area contributed by atoms with E-state index in [1.165, 1.54) is 0 Å². The first-order chi connectivity index (χ1) is 5.29. The average Bonchev–Trinajstić information content (AvgIpc) is 2.34. The first-order valence-corrected chi connectivity index (χ1v) is 3.50. The number of halogens is 1. The van der Waals surface area contributed by atoms with Gasteiger partial charge in [0.1, 0.15) is 6.26 Å². The molecule has 0 N–H and O–H groups in total. The zero-order valence-electron chi connectivity index (χ0n) is 6.26. The van der Waals surface area contributed by atoms with Crippen LogP contribution in [-0.2, 0) is 6.42 Å². The van der Waals surface area contributed by atoms with Crippen molar-refractivity contribution in [2.45, 2.75) is 19.8 Å². The van der Waals surface area contributed by atoms with Crippen molar-refractivity contribution in [2.75, 3.05) is 0 Å². The SMILES string of the molecule is CCCc1c(F)coc1C=O. The summed E-state index contributed by atoms with van der Waals surface area (Å²) in [5.41, 5.74) is 0.391. The van der Waals surface area contributed by atoms with Gasteiger partial charge in [-0.05, 0) is 6.42 Å². The van der Waals surface area contributed by atoms with E-state index in [1.54, 1.807) is 0 Å². The summed E-state index contributed by atoms with van der Waals surface area (Å²) in [6, 6.07) is 0. The number of rotatable bonds is 3. The first-order valence-electron chi connectivity index (χ1n) is 3.50. The molecular weight excluding hydrogens is 147 g/mol. The molecule has 1 heterocycles. The summed E-state index contributed by atoms with van der Waals surface area (Å²) in [7, 11) is 0. The van der Waals surface area contributed by atoms with E-state index in [1.807, 2.05) is 6.92 Å². The van der Waals surface area contributed by atoms with Crippen LogP contribution in [0.5, 0.6) is 0 Å². The largest absolute Gasteiger partial charge is 0.458 e. The standard InChI is InChI=1S/C8H9FO2/c1-2-3-6-7(9)5-11-8(6)4-10/h4-5H,2-3H2,1H3. The van der Waals surface area contributed by atoms with E-state index in [2.05, 4.69) is 4.42 Å². The van der Waals surface area contributed by atoms with Crippen LogP contribution in [0.15, 0.2) is 10.7 Å². The molecule has 2 nitrogen and oxygen atoms in total. The van der Waals surface area contributed by atoms with Crippen LogP contribution in [0.4, 0.5) is 4.39 Å². The van der Waals surface area contributed by atoms with Gasteiger partial charge in [-0.1, -0.05) is 13.3 Å². The fourth-order valence-corrected chi connectivity index (χ4v) is 0.967. The fourth-order valence-electron chi connectivity index (χ4n) is 0.967. The smallest absolute Gasteiger partial charge is 0.185 e. The summed E-state index contributed by atoms with van der Waals surface area (Å²) in [5, 5.41) is 0. The topological polar surface area (TPSA) is 30.2 Å². The molecule has 0 saturated heterocycles. The quantitative estimate of drug-likeness (QED) is 0.628. The van der Waals surface area contributed by atoms with Gasteiger partial charge in [0, 0.05) is 5.56 Å². The molecule has 0 aromatic carbocycles. The van der Waals surface area contributed by atoms with Crippen molar-refractivity contribution in [1.29, 1.82) is 0 Å². The van der Waals surface area contributed by atoms with Crippen LogP contribution in [0.1, 0.15) is 29.5 Å². The Morgan fingerprint density at radius 2 is 2.45 bits per heavy atom. The lowest BCUT2D eigenvalue weighted by molar-refractivity contribution is 0.109.